The molecule has 0 heterocycles. The summed E-state index contributed by atoms with van der Waals surface area (Å²) in [6, 6.07) is 0. The lowest BCUT2D eigenvalue weighted by Gasteiger charge is -2.37. The van der Waals surface area contributed by atoms with Crippen LogP contribution < -0.4 is 0 Å². The van der Waals surface area contributed by atoms with Gasteiger partial charge >= 0.3 is 0 Å². The summed E-state index contributed by atoms with van der Waals surface area (Å²) in [6.07, 6.45) is 21.1. The highest BCUT2D eigenvalue weighted by atomic mass is 14.3. The van der Waals surface area contributed by atoms with Gasteiger partial charge in [-0.1, -0.05) is 51.7 Å². The second kappa shape index (κ2) is 8.12. The van der Waals surface area contributed by atoms with Crippen LogP contribution in [-0.2, 0) is 0 Å². The Hall–Kier alpha value is -0.260. The molecule has 0 aliphatic heterocycles. The Kier molecular flexibility index (Phi) is 6.47. The molecule has 0 aromatic carbocycles. The summed E-state index contributed by atoms with van der Waals surface area (Å²) in [5, 5.41) is 0. The van der Waals surface area contributed by atoms with Gasteiger partial charge in [0.25, 0.3) is 0 Å². The van der Waals surface area contributed by atoms with Gasteiger partial charge in [-0.05, 0) is 68.6 Å². The molecule has 19 heavy (non-hydrogen) atoms. The van der Waals surface area contributed by atoms with E-state index in [4.69, 9.17) is 0 Å². The van der Waals surface area contributed by atoms with Crippen molar-refractivity contribution < 1.29 is 0 Å². The number of allylic oxidation sites excluding steroid dienone is 2. The molecule has 2 rings (SSSR count). The molecule has 0 atom stereocenters. The Morgan fingerprint density at radius 2 is 1.37 bits per heavy atom. The van der Waals surface area contributed by atoms with Gasteiger partial charge in [0.1, 0.15) is 0 Å². The van der Waals surface area contributed by atoms with Crippen LogP contribution in [0.25, 0.3) is 0 Å². The smallest absolute Gasteiger partial charge is 0.0233 e. The standard InChI is InChI=1S/C19H34/c1-3-5-7-17-10-14-19(15-11-17)18-12-8-16(6-4-2)9-13-18/h5,7,16-19H,3-4,6,8-15H2,1-2H3/b7-5+/t16-,17-,18-,19-. The minimum Gasteiger partial charge on any atom is -0.0885 e. The molecule has 0 N–H and O–H groups in total. The molecule has 0 aromatic heterocycles. The molecule has 2 aliphatic carbocycles. The lowest BCUT2D eigenvalue weighted by atomic mass is 9.68. The third-order valence-corrected chi connectivity index (χ3v) is 5.72. The van der Waals surface area contributed by atoms with Gasteiger partial charge in [-0.2, -0.15) is 0 Å². The summed E-state index contributed by atoms with van der Waals surface area (Å²) >= 11 is 0. The molecule has 0 nitrogen and oxygen atoms in total. The minimum absolute atomic E-state index is 0.910. The van der Waals surface area contributed by atoms with Crippen LogP contribution in [0.3, 0.4) is 0 Å². The van der Waals surface area contributed by atoms with Crippen molar-refractivity contribution in [3.05, 3.63) is 12.2 Å². The Morgan fingerprint density at radius 3 is 1.89 bits per heavy atom. The Balaban J connectivity index is 1.69. The van der Waals surface area contributed by atoms with Crippen LogP contribution in [0.5, 0.6) is 0 Å². The van der Waals surface area contributed by atoms with Crippen molar-refractivity contribution in [3.8, 4) is 0 Å². The Labute approximate surface area is 121 Å². The maximum atomic E-state index is 2.49. The van der Waals surface area contributed by atoms with Crippen LogP contribution in [0.15, 0.2) is 12.2 Å². The van der Waals surface area contributed by atoms with Crippen LogP contribution in [0.1, 0.15) is 84.5 Å². The highest BCUT2D eigenvalue weighted by Gasteiger charge is 2.29. The van der Waals surface area contributed by atoms with Gasteiger partial charge in [-0.15, -0.1) is 0 Å². The maximum absolute atomic E-state index is 2.49. The summed E-state index contributed by atoms with van der Waals surface area (Å²) in [5.74, 6) is 4.15. The molecule has 110 valence electrons. The summed E-state index contributed by atoms with van der Waals surface area (Å²) in [6.45, 7) is 4.59. The van der Waals surface area contributed by atoms with Crippen molar-refractivity contribution in [3.63, 3.8) is 0 Å². The van der Waals surface area contributed by atoms with Gasteiger partial charge < -0.3 is 0 Å². The van der Waals surface area contributed by atoms with Crippen molar-refractivity contribution >= 4 is 0 Å². The van der Waals surface area contributed by atoms with Crippen LogP contribution in [-0.4, -0.2) is 0 Å². The van der Waals surface area contributed by atoms with E-state index in [1.54, 1.807) is 12.8 Å². The van der Waals surface area contributed by atoms with Gasteiger partial charge in [0.05, 0.1) is 0 Å². The molecule has 2 saturated carbocycles. The molecular formula is C19H34. The average molecular weight is 262 g/mol. The van der Waals surface area contributed by atoms with Crippen molar-refractivity contribution in [2.75, 3.05) is 0 Å². The topological polar surface area (TPSA) is 0 Å². The molecule has 0 bridgehead atoms. The molecular weight excluding hydrogens is 228 g/mol. The summed E-state index contributed by atoms with van der Waals surface area (Å²) in [4.78, 5) is 0. The lowest BCUT2D eigenvalue weighted by molar-refractivity contribution is 0.152. The zero-order valence-corrected chi connectivity index (χ0v) is 13.2. The third kappa shape index (κ3) is 4.65. The van der Waals surface area contributed by atoms with Crippen molar-refractivity contribution in [2.45, 2.75) is 84.5 Å². The number of hydrogen-bond acceptors (Lipinski definition) is 0. The van der Waals surface area contributed by atoms with Gasteiger partial charge in [0.2, 0.25) is 0 Å². The third-order valence-electron chi connectivity index (χ3n) is 5.72. The molecule has 2 fully saturated rings. The number of rotatable bonds is 5. The van der Waals surface area contributed by atoms with Crippen molar-refractivity contribution in [1.29, 1.82) is 0 Å². The molecule has 0 heteroatoms. The summed E-state index contributed by atoms with van der Waals surface area (Å²) < 4.78 is 0. The number of hydrogen-bond donors (Lipinski definition) is 0. The second-order valence-corrected chi connectivity index (χ2v) is 7.08. The molecule has 0 amide bonds. The van der Waals surface area contributed by atoms with Crippen LogP contribution in [0.4, 0.5) is 0 Å². The predicted molar refractivity (Wildman–Crippen MR) is 85.2 cm³/mol. The first-order chi connectivity index (χ1) is 9.33. The molecule has 0 unspecified atom stereocenters. The van der Waals surface area contributed by atoms with E-state index in [1.807, 2.05) is 0 Å². The first-order valence-corrected chi connectivity index (χ1v) is 9.00. The van der Waals surface area contributed by atoms with Crippen LogP contribution in [0, 0.1) is 23.7 Å². The van der Waals surface area contributed by atoms with Crippen molar-refractivity contribution in [2.24, 2.45) is 23.7 Å². The molecule has 0 spiro atoms. The van der Waals surface area contributed by atoms with E-state index in [0.29, 0.717) is 0 Å². The monoisotopic (exact) mass is 262 g/mol. The van der Waals surface area contributed by atoms with E-state index >= 15 is 0 Å². The SMILES string of the molecule is CC/C=C/[C@H]1CC[C@H]([C@H]2CC[C@H](CCC)CC2)CC1. The average Bonchev–Trinajstić information content (AvgIpc) is 2.47. The molecule has 2 aliphatic rings. The highest BCUT2D eigenvalue weighted by molar-refractivity contribution is 4.91. The first kappa shape index (κ1) is 15.1. The van der Waals surface area contributed by atoms with Crippen LogP contribution in [0.2, 0.25) is 0 Å². The van der Waals surface area contributed by atoms with E-state index in [2.05, 4.69) is 26.0 Å². The normalized spacial score (nSPS) is 36.7. The predicted octanol–water partition coefficient (Wildman–Crippen LogP) is 6.37. The zero-order valence-electron chi connectivity index (χ0n) is 13.2. The van der Waals surface area contributed by atoms with Gasteiger partial charge in [-0.3, -0.25) is 0 Å². The molecule has 0 radical (unpaired) electrons. The van der Waals surface area contributed by atoms with Crippen molar-refractivity contribution in [1.82, 2.24) is 0 Å². The van der Waals surface area contributed by atoms with E-state index in [0.717, 1.165) is 23.7 Å². The fourth-order valence-electron chi connectivity index (χ4n) is 4.49. The zero-order chi connectivity index (χ0) is 13.5. The first-order valence-electron chi connectivity index (χ1n) is 9.00. The molecule has 0 aromatic rings. The van der Waals surface area contributed by atoms with E-state index in [-0.39, 0.29) is 0 Å². The lowest BCUT2D eigenvalue weighted by Crippen LogP contribution is -2.25. The summed E-state index contributed by atoms with van der Waals surface area (Å²) in [7, 11) is 0. The van der Waals surface area contributed by atoms with Crippen LogP contribution >= 0.6 is 0 Å². The minimum atomic E-state index is 0.910. The molecule has 0 saturated heterocycles. The van der Waals surface area contributed by atoms with E-state index in [9.17, 15) is 0 Å². The van der Waals surface area contributed by atoms with E-state index in [1.165, 1.54) is 57.8 Å². The van der Waals surface area contributed by atoms with Gasteiger partial charge in [0, 0.05) is 0 Å². The fraction of sp³-hybridized carbons (Fsp3) is 0.895. The highest BCUT2D eigenvalue weighted by Crippen LogP contribution is 2.42. The fourth-order valence-corrected chi connectivity index (χ4v) is 4.49. The second-order valence-electron chi connectivity index (χ2n) is 7.08. The summed E-state index contributed by atoms with van der Waals surface area (Å²) in [5.41, 5.74) is 0. The van der Waals surface area contributed by atoms with Gasteiger partial charge in [-0.25, -0.2) is 0 Å². The quantitative estimate of drug-likeness (QED) is 0.505. The Morgan fingerprint density at radius 1 is 0.789 bits per heavy atom. The maximum Gasteiger partial charge on any atom is -0.0233 e. The van der Waals surface area contributed by atoms with Gasteiger partial charge in [0.15, 0.2) is 0 Å². The van der Waals surface area contributed by atoms with E-state index < -0.39 is 0 Å². The largest absolute Gasteiger partial charge is 0.0885 e. The Bertz CT molecular complexity index is 249.